The van der Waals surface area contributed by atoms with Crippen LogP contribution in [-0.2, 0) is 76.6 Å². The molecule has 0 radical (unpaired) electrons. The number of hydrogen-bond donors (Lipinski definition) is 0. The van der Waals surface area contributed by atoms with Gasteiger partial charge in [0.1, 0.15) is 34.5 Å². The Morgan fingerprint density at radius 3 is 0.750 bits per heavy atom. The highest BCUT2D eigenvalue weighted by atomic mass is 16.6. The van der Waals surface area contributed by atoms with Gasteiger partial charge in [0.15, 0.2) is 0 Å². The summed E-state index contributed by atoms with van der Waals surface area (Å²) in [5, 5.41) is 0. The number of carbonyl (C=O) groups is 9. The van der Waals surface area contributed by atoms with Gasteiger partial charge in [0.2, 0.25) is 0 Å². The van der Waals surface area contributed by atoms with Crippen LogP contribution in [0.2, 0.25) is 0 Å². The van der Waals surface area contributed by atoms with Crippen molar-refractivity contribution in [1.82, 2.24) is 0 Å². The van der Waals surface area contributed by atoms with Crippen molar-refractivity contribution in [3.8, 4) is 101 Å². The lowest BCUT2D eigenvalue weighted by Gasteiger charge is -2.17. The van der Waals surface area contributed by atoms with Gasteiger partial charge in [0, 0.05) is 86.1 Å². The van der Waals surface area contributed by atoms with E-state index >= 15 is 0 Å². The first-order chi connectivity index (χ1) is 58.7. The van der Waals surface area contributed by atoms with Crippen LogP contribution < -0.4 is 28.4 Å². The quantitative estimate of drug-likeness (QED) is 0.0201. The molecular formula is C106H104O18. The minimum atomic E-state index is -0.574. The highest BCUT2D eigenvalue weighted by Crippen LogP contribution is 2.44. The fourth-order valence-corrected chi connectivity index (χ4v) is 14.5. The van der Waals surface area contributed by atoms with Crippen LogP contribution >= 0.6 is 0 Å². The molecule has 9 aromatic carbocycles. The summed E-state index contributed by atoms with van der Waals surface area (Å²) in [6.07, 6.45) is 5.66. The zero-order chi connectivity index (χ0) is 90.4. The van der Waals surface area contributed by atoms with Gasteiger partial charge in [-0.2, -0.15) is 0 Å². The molecule has 0 aromatic heterocycles. The van der Waals surface area contributed by atoms with E-state index in [4.69, 9.17) is 42.6 Å². The van der Waals surface area contributed by atoms with Gasteiger partial charge >= 0.3 is 53.7 Å². The van der Waals surface area contributed by atoms with Crippen molar-refractivity contribution in [3.05, 3.63) is 323 Å². The molecule has 0 saturated carbocycles. The first-order valence-electron chi connectivity index (χ1n) is 40.6. The summed E-state index contributed by atoms with van der Waals surface area (Å²) in [4.78, 5) is 109. The molecule has 0 spiro atoms. The number of fused-ring (bicyclic) bond motifs is 3. The second-order valence-electron chi connectivity index (χ2n) is 32.2. The number of hydrogen-bond acceptors (Lipinski definition) is 18. The van der Waals surface area contributed by atoms with E-state index in [1.165, 1.54) is 51.6 Å². The Hall–Kier alpha value is -14.1. The van der Waals surface area contributed by atoms with Crippen molar-refractivity contribution in [1.29, 1.82) is 0 Å². The fourth-order valence-electron chi connectivity index (χ4n) is 14.5. The number of carbonyl (C=O) groups excluding carboxylic acids is 9. The SMILES string of the molecule is C=C(C)C(=O)OCC1CCc2ccc(-c3cc(C)c(-c4cc(OC(=O)C(=C)C)cc(OC(=O)C(=C)C)c4)cc3C)cc21.C=C(C)C(=O)OCC1CCc2ccc(-c3ccc(-c4cc(OC(=O)C(=C)C)cc(OC(=O)C(=C)C)c4)c(C)c3)cc21.C=C(C)C(=O)OCC1CCc2ccc(-c3ccc(-c4cc(OC(=O)C(=C)C)cc(OC(=O)C(=C)C)c4)cc3C)cc21. The van der Waals surface area contributed by atoms with Crippen molar-refractivity contribution in [3.63, 3.8) is 0 Å². The maximum Gasteiger partial charge on any atom is 0.338 e. The fraction of sp³-hybridized carbons (Fsp3) is 0.236. The van der Waals surface area contributed by atoms with Crippen LogP contribution in [0.4, 0.5) is 0 Å². The van der Waals surface area contributed by atoms with Crippen LogP contribution in [0.5, 0.6) is 34.5 Å². The monoisotopic (exact) mass is 1660 g/mol. The van der Waals surface area contributed by atoms with Crippen LogP contribution in [0, 0.1) is 27.7 Å². The molecule has 0 heterocycles. The molecule has 0 aliphatic heterocycles. The summed E-state index contributed by atoms with van der Waals surface area (Å²) in [5.74, 6) is -2.66. The van der Waals surface area contributed by atoms with Crippen LogP contribution in [0.3, 0.4) is 0 Å². The molecule has 124 heavy (non-hydrogen) atoms. The largest absolute Gasteiger partial charge is 0.462 e. The highest BCUT2D eigenvalue weighted by molar-refractivity contribution is 5.94. The summed E-state index contributed by atoms with van der Waals surface area (Å²) in [6.45, 7) is 56.2. The van der Waals surface area contributed by atoms with Gasteiger partial charge in [-0.25, -0.2) is 43.2 Å². The number of rotatable bonds is 27. The molecule has 18 nitrogen and oxygen atoms in total. The molecular weight excluding hydrogens is 1560 g/mol. The summed E-state index contributed by atoms with van der Waals surface area (Å²) < 4.78 is 49.2. The molecule has 0 saturated heterocycles. The van der Waals surface area contributed by atoms with E-state index in [9.17, 15) is 43.2 Å². The van der Waals surface area contributed by atoms with E-state index < -0.39 is 35.8 Å². The smallest absolute Gasteiger partial charge is 0.338 e. The predicted octanol–water partition coefficient (Wildman–Crippen LogP) is 22.6. The molecule has 0 fully saturated rings. The van der Waals surface area contributed by atoms with E-state index in [1.54, 1.807) is 98.7 Å². The Kier molecular flexibility index (Phi) is 30.1. The third-order valence-electron chi connectivity index (χ3n) is 21.3. The lowest BCUT2D eigenvalue weighted by atomic mass is 9.90. The summed E-state index contributed by atoms with van der Waals surface area (Å²) >= 11 is 0. The Morgan fingerprint density at radius 2 is 0.460 bits per heavy atom. The summed E-state index contributed by atoms with van der Waals surface area (Å²) in [5.41, 5.74) is 25.4. The first-order valence-corrected chi connectivity index (χ1v) is 40.6. The molecule has 3 aliphatic rings. The number of aryl methyl sites for hydroxylation is 7. The van der Waals surface area contributed by atoms with E-state index in [-0.39, 0.29) is 104 Å². The topological polar surface area (TPSA) is 237 Å². The van der Waals surface area contributed by atoms with Crippen LogP contribution in [0.25, 0.3) is 66.8 Å². The van der Waals surface area contributed by atoms with Crippen LogP contribution in [0.15, 0.2) is 267 Å². The molecule has 3 aliphatic carbocycles. The van der Waals surface area contributed by atoms with Gasteiger partial charge in [-0.05, 0) is 287 Å². The van der Waals surface area contributed by atoms with E-state index in [0.29, 0.717) is 42.1 Å². The minimum absolute atomic E-state index is 0.147. The Bertz CT molecular complexity index is 5830. The van der Waals surface area contributed by atoms with Gasteiger partial charge < -0.3 is 42.6 Å². The molecule has 636 valence electrons. The molecule has 12 rings (SSSR count). The van der Waals surface area contributed by atoms with Crippen molar-refractivity contribution < 1.29 is 85.8 Å². The van der Waals surface area contributed by atoms with Gasteiger partial charge in [-0.3, -0.25) is 0 Å². The molecule has 0 bridgehead atoms. The lowest BCUT2D eigenvalue weighted by Crippen LogP contribution is -2.11. The lowest BCUT2D eigenvalue weighted by molar-refractivity contribution is -0.140. The second-order valence-corrected chi connectivity index (χ2v) is 32.2. The molecule has 18 heteroatoms. The molecule has 0 N–H and O–H groups in total. The molecule has 0 amide bonds. The average molecular weight is 1670 g/mol. The van der Waals surface area contributed by atoms with Crippen LogP contribution in [0.1, 0.15) is 155 Å². The summed E-state index contributed by atoms with van der Waals surface area (Å²) in [6, 6.07) is 50.7. The average Bonchev–Trinajstić information content (AvgIpc) is 1.16. The van der Waals surface area contributed by atoms with E-state index in [0.717, 1.165) is 122 Å². The third kappa shape index (κ3) is 23.5. The first kappa shape index (κ1) is 92.2. The maximum absolute atomic E-state index is 12.3. The Balaban J connectivity index is 0.000000195. The maximum atomic E-state index is 12.3. The number of esters is 9. The minimum Gasteiger partial charge on any atom is -0.462 e. The van der Waals surface area contributed by atoms with Crippen molar-refractivity contribution in [2.75, 3.05) is 19.8 Å². The third-order valence-corrected chi connectivity index (χ3v) is 21.3. The van der Waals surface area contributed by atoms with Crippen molar-refractivity contribution in [2.45, 2.75) is 146 Å². The summed E-state index contributed by atoms with van der Waals surface area (Å²) in [7, 11) is 0. The van der Waals surface area contributed by atoms with Gasteiger partial charge in [-0.15, -0.1) is 0 Å². The number of ether oxygens (including phenoxy) is 9. The van der Waals surface area contributed by atoms with Crippen LogP contribution in [-0.4, -0.2) is 73.5 Å². The zero-order valence-electron chi connectivity index (χ0n) is 72.8. The van der Waals surface area contributed by atoms with Gasteiger partial charge in [-0.1, -0.05) is 162 Å². The van der Waals surface area contributed by atoms with Gasteiger partial charge in [0.05, 0.1) is 19.8 Å². The zero-order valence-corrected chi connectivity index (χ0v) is 72.8. The molecule has 9 aromatic rings. The van der Waals surface area contributed by atoms with Crippen molar-refractivity contribution >= 4 is 53.7 Å². The predicted molar refractivity (Wildman–Crippen MR) is 484 cm³/mol. The van der Waals surface area contributed by atoms with E-state index in [2.05, 4.69) is 132 Å². The number of benzene rings is 9. The van der Waals surface area contributed by atoms with Crippen molar-refractivity contribution in [2.24, 2.45) is 0 Å². The second kappa shape index (κ2) is 40.5. The highest BCUT2D eigenvalue weighted by Gasteiger charge is 2.30. The molecule has 3 atom stereocenters. The Labute approximate surface area is 725 Å². The Morgan fingerprint density at radius 1 is 0.242 bits per heavy atom. The van der Waals surface area contributed by atoms with Gasteiger partial charge in [0.25, 0.3) is 0 Å². The van der Waals surface area contributed by atoms with E-state index in [1.807, 2.05) is 58.0 Å². The normalized spacial score (nSPS) is 13.6. The molecule has 3 unspecified atom stereocenters. The standard InChI is InChI=1S/C36H36O6.2C35H34O6/c1-20(2)34(37)40-19-27-12-10-25-9-11-26(17-33(25)27)31-13-24(8)32(14-23(31)7)28-15-29(41-35(38)21(3)4)18-30(16-28)42-36(39)22(5)6;1-20(2)33(36)39-19-27-11-9-24-8-10-26(17-32(24)27)31-13-12-25(14-23(31)7)28-15-29(40-34(37)21(3)4)18-30(16-28)41-35(38)22(5)6;1-20(2)33(36)39-19-27-11-9-24-8-10-26(17-32(24)27)25-12-13-31(23(7)14-25)28-15-29(40-34(37)21(3)4)18-30(16-28)41-35(38)22(5)6/h9,11,13-18,27H,1,3,5,10,12,19H2,2,4,6-8H3;2*8,10,12-18,27H,1,3,5,9,11,19H2,2,4,6-7H3.